The van der Waals surface area contributed by atoms with Crippen LogP contribution in [0.1, 0.15) is 28.1 Å². The summed E-state index contributed by atoms with van der Waals surface area (Å²) in [6, 6.07) is 0. The molecule has 0 atom stereocenters. The molecular weight excluding hydrogens is 232 g/mol. The van der Waals surface area contributed by atoms with E-state index >= 15 is 0 Å². The van der Waals surface area contributed by atoms with Crippen molar-refractivity contribution in [2.45, 2.75) is 33.4 Å². The number of nitrogens with zero attached hydrogens (tertiary/aromatic N) is 3. The van der Waals surface area contributed by atoms with E-state index in [1.807, 2.05) is 24.9 Å². The number of nitrogens with one attached hydrogen (secondary N) is 1. The molecule has 0 fully saturated rings. The minimum Gasteiger partial charge on any atom is -0.306 e. The first-order chi connectivity index (χ1) is 8.19. The summed E-state index contributed by atoms with van der Waals surface area (Å²) < 4.78 is 1.85. The van der Waals surface area contributed by atoms with Gasteiger partial charge in [-0.2, -0.15) is 5.10 Å². The van der Waals surface area contributed by atoms with Crippen molar-refractivity contribution >= 4 is 11.3 Å². The molecule has 5 heteroatoms. The third kappa shape index (κ3) is 3.14. The fraction of sp³-hybridized carbons (Fsp3) is 0.500. The number of aryl methyl sites for hydroxylation is 3. The molecule has 17 heavy (non-hydrogen) atoms. The summed E-state index contributed by atoms with van der Waals surface area (Å²) >= 11 is 1.78. The summed E-state index contributed by atoms with van der Waals surface area (Å²) in [6.45, 7) is 5.87. The highest BCUT2D eigenvalue weighted by Crippen LogP contribution is 2.13. The monoisotopic (exact) mass is 250 g/mol. The van der Waals surface area contributed by atoms with Gasteiger partial charge in [-0.1, -0.05) is 6.92 Å². The standard InChI is InChI=1S/C12H18N4S/c1-4-11-6-14-12(17-11)7-13-5-10-8-16(3)15-9(10)2/h6,8,13H,4-5,7H2,1-3H3. The van der Waals surface area contributed by atoms with Gasteiger partial charge < -0.3 is 5.32 Å². The molecule has 0 bridgehead atoms. The van der Waals surface area contributed by atoms with Gasteiger partial charge in [-0.05, 0) is 13.3 Å². The van der Waals surface area contributed by atoms with Crippen LogP contribution in [-0.4, -0.2) is 14.8 Å². The summed E-state index contributed by atoms with van der Waals surface area (Å²) in [6.07, 6.45) is 5.10. The van der Waals surface area contributed by atoms with Gasteiger partial charge in [0.2, 0.25) is 0 Å². The van der Waals surface area contributed by atoms with Crippen LogP contribution in [0.3, 0.4) is 0 Å². The van der Waals surface area contributed by atoms with Crippen LogP contribution in [0, 0.1) is 6.92 Å². The molecule has 2 aromatic heterocycles. The first-order valence-corrected chi connectivity index (χ1v) is 6.64. The Kier molecular flexibility index (Phi) is 3.91. The summed E-state index contributed by atoms with van der Waals surface area (Å²) in [5, 5.41) is 8.88. The maximum atomic E-state index is 4.38. The maximum absolute atomic E-state index is 4.38. The van der Waals surface area contributed by atoms with Crippen LogP contribution < -0.4 is 5.32 Å². The van der Waals surface area contributed by atoms with Crippen LogP contribution in [0.25, 0.3) is 0 Å². The van der Waals surface area contributed by atoms with Gasteiger partial charge >= 0.3 is 0 Å². The predicted octanol–water partition coefficient (Wildman–Crippen LogP) is 2.04. The number of aromatic nitrogens is 3. The Morgan fingerprint density at radius 1 is 1.41 bits per heavy atom. The molecule has 2 aromatic rings. The Morgan fingerprint density at radius 3 is 2.82 bits per heavy atom. The molecule has 2 heterocycles. The number of hydrogen-bond acceptors (Lipinski definition) is 4. The smallest absolute Gasteiger partial charge is 0.107 e. The summed E-state index contributed by atoms with van der Waals surface area (Å²) in [4.78, 5) is 5.73. The molecule has 0 unspecified atom stereocenters. The van der Waals surface area contributed by atoms with Gasteiger partial charge in [-0.25, -0.2) is 4.98 Å². The van der Waals surface area contributed by atoms with Crippen LogP contribution in [0.5, 0.6) is 0 Å². The van der Waals surface area contributed by atoms with Gasteiger partial charge in [0.25, 0.3) is 0 Å². The van der Waals surface area contributed by atoms with E-state index in [2.05, 4.69) is 28.5 Å². The second-order valence-electron chi connectivity index (χ2n) is 4.09. The van der Waals surface area contributed by atoms with Crippen molar-refractivity contribution in [3.8, 4) is 0 Å². The van der Waals surface area contributed by atoms with Crippen molar-refractivity contribution in [2.75, 3.05) is 0 Å². The summed E-state index contributed by atoms with van der Waals surface area (Å²) in [5.41, 5.74) is 2.34. The van der Waals surface area contributed by atoms with E-state index in [9.17, 15) is 0 Å². The maximum Gasteiger partial charge on any atom is 0.107 e. The van der Waals surface area contributed by atoms with Crippen molar-refractivity contribution in [3.05, 3.63) is 33.5 Å². The molecule has 0 aliphatic heterocycles. The van der Waals surface area contributed by atoms with E-state index in [-0.39, 0.29) is 0 Å². The van der Waals surface area contributed by atoms with E-state index in [0.717, 1.165) is 30.2 Å². The van der Waals surface area contributed by atoms with Crippen molar-refractivity contribution in [3.63, 3.8) is 0 Å². The van der Waals surface area contributed by atoms with E-state index < -0.39 is 0 Å². The molecule has 0 saturated carbocycles. The zero-order valence-electron chi connectivity index (χ0n) is 10.5. The van der Waals surface area contributed by atoms with Crippen molar-refractivity contribution < 1.29 is 0 Å². The lowest BCUT2D eigenvalue weighted by Gasteiger charge is -2.00. The minimum absolute atomic E-state index is 0.832. The lowest BCUT2D eigenvalue weighted by molar-refractivity contribution is 0.687. The summed E-state index contributed by atoms with van der Waals surface area (Å²) in [5.74, 6) is 0. The average Bonchev–Trinajstić information content (AvgIpc) is 2.86. The largest absolute Gasteiger partial charge is 0.306 e. The first-order valence-electron chi connectivity index (χ1n) is 5.82. The Bertz CT molecular complexity index is 486. The lowest BCUT2D eigenvalue weighted by Crippen LogP contribution is -2.12. The molecule has 0 spiro atoms. The molecule has 0 amide bonds. The molecule has 4 nitrogen and oxygen atoms in total. The lowest BCUT2D eigenvalue weighted by atomic mass is 10.2. The van der Waals surface area contributed by atoms with E-state index in [0.29, 0.717) is 0 Å². The van der Waals surface area contributed by atoms with Gasteiger partial charge in [0, 0.05) is 43.0 Å². The molecule has 0 aliphatic rings. The quantitative estimate of drug-likeness (QED) is 0.883. The van der Waals surface area contributed by atoms with Gasteiger partial charge in [0.15, 0.2) is 0 Å². The van der Waals surface area contributed by atoms with Crippen LogP contribution in [0.2, 0.25) is 0 Å². The first kappa shape index (κ1) is 12.3. The highest BCUT2D eigenvalue weighted by atomic mass is 32.1. The molecule has 0 aliphatic carbocycles. The Balaban J connectivity index is 1.85. The average molecular weight is 250 g/mol. The van der Waals surface area contributed by atoms with Crippen LogP contribution in [-0.2, 0) is 26.6 Å². The summed E-state index contributed by atoms with van der Waals surface area (Å²) in [7, 11) is 1.95. The van der Waals surface area contributed by atoms with Crippen molar-refractivity contribution in [2.24, 2.45) is 7.05 Å². The molecular formula is C12H18N4S. The van der Waals surface area contributed by atoms with Gasteiger partial charge in [0.05, 0.1) is 5.69 Å². The highest BCUT2D eigenvalue weighted by molar-refractivity contribution is 7.11. The fourth-order valence-electron chi connectivity index (χ4n) is 1.72. The minimum atomic E-state index is 0.832. The topological polar surface area (TPSA) is 42.7 Å². The molecule has 1 N–H and O–H groups in total. The van der Waals surface area contributed by atoms with Crippen molar-refractivity contribution in [1.29, 1.82) is 0 Å². The highest BCUT2D eigenvalue weighted by Gasteiger charge is 2.04. The molecule has 2 rings (SSSR count). The number of thiazole rings is 1. The predicted molar refractivity (Wildman–Crippen MR) is 70.0 cm³/mol. The van der Waals surface area contributed by atoms with Gasteiger partial charge in [-0.15, -0.1) is 11.3 Å². The van der Waals surface area contributed by atoms with E-state index in [1.54, 1.807) is 11.3 Å². The zero-order valence-corrected chi connectivity index (χ0v) is 11.3. The molecule has 92 valence electrons. The van der Waals surface area contributed by atoms with Gasteiger partial charge in [0.1, 0.15) is 5.01 Å². The van der Waals surface area contributed by atoms with E-state index in [4.69, 9.17) is 0 Å². The van der Waals surface area contributed by atoms with Crippen LogP contribution in [0.15, 0.2) is 12.4 Å². The van der Waals surface area contributed by atoms with Crippen LogP contribution in [0.4, 0.5) is 0 Å². The Hall–Kier alpha value is -1.20. The Labute approximate surface area is 106 Å². The van der Waals surface area contributed by atoms with Gasteiger partial charge in [-0.3, -0.25) is 4.68 Å². The molecule has 0 saturated heterocycles. The third-order valence-corrected chi connectivity index (χ3v) is 3.80. The SMILES string of the molecule is CCc1cnc(CNCc2cn(C)nc2C)s1. The fourth-order valence-corrected chi connectivity index (χ4v) is 2.55. The number of rotatable bonds is 5. The molecule has 0 aromatic carbocycles. The zero-order chi connectivity index (χ0) is 12.3. The van der Waals surface area contributed by atoms with Crippen LogP contribution >= 0.6 is 11.3 Å². The normalized spacial score (nSPS) is 11.0. The van der Waals surface area contributed by atoms with Crippen molar-refractivity contribution in [1.82, 2.24) is 20.1 Å². The second-order valence-corrected chi connectivity index (χ2v) is 5.29. The third-order valence-electron chi connectivity index (χ3n) is 2.66. The molecule has 0 radical (unpaired) electrons. The van der Waals surface area contributed by atoms with E-state index in [1.165, 1.54) is 10.4 Å². The number of hydrogen-bond donors (Lipinski definition) is 1. The second kappa shape index (κ2) is 5.42. The Morgan fingerprint density at radius 2 is 2.24 bits per heavy atom.